The van der Waals surface area contributed by atoms with Gasteiger partial charge in [0.1, 0.15) is 5.75 Å². The standard InChI is InChI=1S/C22H25N3O2S/c1-3-5-13-27-19-11-9-16(10-12-19)21(26)24-18-8-6-7-17(14-18)20-15-28-22(25-20)23-4-2/h6-12,14-15H,3-5,13H2,1-2H3,(H,23,25)(H,24,26). The molecule has 2 N–H and O–H groups in total. The summed E-state index contributed by atoms with van der Waals surface area (Å²) in [5.74, 6) is 0.635. The van der Waals surface area contributed by atoms with Gasteiger partial charge in [-0.15, -0.1) is 11.3 Å². The van der Waals surface area contributed by atoms with E-state index in [0.717, 1.165) is 47.2 Å². The predicted molar refractivity (Wildman–Crippen MR) is 117 cm³/mol. The first-order valence-electron chi connectivity index (χ1n) is 9.53. The van der Waals surface area contributed by atoms with Crippen LogP contribution in [0.2, 0.25) is 0 Å². The van der Waals surface area contributed by atoms with E-state index in [1.54, 1.807) is 23.5 Å². The van der Waals surface area contributed by atoms with Gasteiger partial charge in [-0.25, -0.2) is 4.98 Å². The second kappa shape index (κ2) is 9.90. The zero-order valence-corrected chi connectivity index (χ0v) is 17.0. The number of anilines is 2. The summed E-state index contributed by atoms with van der Waals surface area (Å²) in [5.41, 5.74) is 3.20. The molecule has 6 heteroatoms. The molecule has 0 unspecified atom stereocenters. The third-order valence-corrected chi connectivity index (χ3v) is 4.93. The zero-order valence-electron chi connectivity index (χ0n) is 16.2. The van der Waals surface area contributed by atoms with Crippen molar-refractivity contribution in [3.63, 3.8) is 0 Å². The minimum atomic E-state index is -0.149. The Morgan fingerprint density at radius 3 is 2.71 bits per heavy atom. The predicted octanol–water partition coefficient (Wildman–Crippen LogP) is 5.67. The highest BCUT2D eigenvalue weighted by atomic mass is 32.1. The Morgan fingerprint density at radius 1 is 1.14 bits per heavy atom. The quantitative estimate of drug-likeness (QED) is 0.458. The molecule has 2 aromatic carbocycles. The number of benzene rings is 2. The molecule has 28 heavy (non-hydrogen) atoms. The molecule has 0 saturated heterocycles. The van der Waals surface area contributed by atoms with Gasteiger partial charge in [0.05, 0.1) is 12.3 Å². The van der Waals surface area contributed by atoms with E-state index < -0.39 is 0 Å². The van der Waals surface area contributed by atoms with Crippen molar-refractivity contribution >= 4 is 28.1 Å². The summed E-state index contributed by atoms with van der Waals surface area (Å²) in [7, 11) is 0. The fourth-order valence-corrected chi connectivity index (χ4v) is 3.43. The molecule has 0 aliphatic rings. The zero-order chi connectivity index (χ0) is 19.8. The molecule has 146 valence electrons. The highest BCUT2D eigenvalue weighted by Gasteiger charge is 2.09. The van der Waals surface area contributed by atoms with Crippen molar-refractivity contribution in [3.05, 3.63) is 59.5 Å². The Balaban J connectivity index is 1.65. The highest BCUT2D eigenvalue weighted by Crippen LogP contribution is 2.27. The summed E-state index contributed by atoms with van der Waals surface area (Å²) >= 11 is 1.57. The maximum Gasteiger partial charge on any atom is 0.255 e. The Labute approximate surface area is 169 Å². The number of rotatable bonds is 9. The van der Waals surface area contributed by atoms with E-state index in [1.807, 2.05) is 48.7 Å². The smallest absolute Gasteiger partial charge is 0.255 e. The average molecular weight is 396 g/mol. The normalized spacial score (nSPS) is 10.5. The lowest BCUT2D eigenvalue weighted by molar-refractivity contribution is 0.102. The van der Waals surface area contributed by atoms with Crippen molar-refractivity contribution in [3.8, 4) is 17.0 Å². The molecule has 5 nitrogen and oxygen atoms in total. The van der Waals surface area contributed by atoms with Crippen LogP contribution in [0.5, 0.6) is 5.75 Å². The molecule has 0 saturated carbocycles. The Morgan fingerprint density at radius 2 is 1.96 bits per heavy atom. The van der Waals surface area contributed by atoms with Crippen molar-refractivity contribution in [2.45, 2.75) is 26.7 Å². The minimum absolute atomic E-state index is 0.149. The number of aromatic nitrogens is 1. The van der Waals surface area contributed by atoms with E-state index in [9.17, 15) is 4.79 Å². The second-order valence-corrected chi connectivity index (χ2v) is 7.19. The summed E-state index contributed by atoms with van der Waals surface area (Å²) in [6.45, 7) is 5.70. The Hall–Kier alpha value is -2.86. The summed E-state index contributed by atoms with van der Waals surface area (Å²) in [5, 5.41) is 9.07. The van der Waals surface area contributed by atoms with Crippen molar-refractivity contribution < 1.29 is 9.53 Å². The molecule has 0 bridgehead atoms. The van der Waals surface area contributed by atoms with Gasteiger partial charge in [-0.2, -0.15) is 0 Å². The maximum absolute atomic E-state index is 12.5. The molecule has 0 atom stereocenters. The summed E-state index contributed by atoms with van der Waals surface area (Å²) in [4.78, 5) is 17.1. The Bertz CT molecular complexity index is 906. The first-order chi connectivity index (χ1) is 13.7. The molecule has 0 radical (unpaired) electrons. The molecule has 1 amide bonds. The molecule has 3 rings (SSSR count). The van der Waals surface area contributed by atoms with Crippen molar-refractivity contribution in [2.24, 2.45) is 0 Å². The fraction of sp³-hybridized carbons (Fsp3) is 0.273. The van der Waals surface area contributed by atoms with E-state index in [0.29, 0.717) is 12.2 Å². The number of hydrogen-bond acceptors (Lipinski definition) is 5. The van der Waals surface area contributed by atoms with Gasteiger partial charge in [-0.3, -0.25) is 4.79 Å². The highest BCUT2D eigenvalue weighted by molar-refractivity contribution is 7.14. The lowest BCUT2D eigenvalue weighted by atomic mass is 10.1. The van der Waals surface area contributed by atoms with Crippen LogP contribution in [0, 0.1) is 0 Å². The molecule has 0 aliphatic heterocycles. The van der Waals surface area contributed by atoms with Crippen LogP contribution in [0.15, 0.2) is 53.9 Å². The van der Waals surface area contributed by atoms with Gasteiger partial charge in [-0.1, -0.05) is 25.5 Å². The van der Waals surface area contributed by atoms with Crippen LogP contribution in [0.4, 0.5) is 10.8 Å². The van der Waals surface area contributed by atoms with Gasteiger partial charge in [0.25, 0.3) is 5.91 Å². The van der Waals surface area contributed by atoms with Crippen LogP contribution in [0.25, 0.3) is 11.3 Å². The third kappa shape index (κ3) is 5.33. The molecule has 0 fully saturated rings. The van der Waals surface area contributed by atoms with Gasteiger partial charge in [0, 0.05) is 28.7 Å². The van der Waals surface area contributed by atoms with E-state index in [-0.39, 0.29) is 5.91 Å². The van der Waals surface area contributed by atoms with Crippen LogP contribution >= 0.6 is 11.3 Å². The van der Waals surface area contributed by atoms with Crippen LogP contribution < -0.4 is 15.4 Å². The maximum atomic E-state index is 12.5. The molecular formula is C22H25N3O2S. The number of carbonyl (C=O) groups excluding carboxylic acids is 1. The average Bonchev–Trinajstić information content (AvgIpc) is 3.18. The number of nitrogens with one attached hydrogen (secondary N) is 2. The molecule has 0 aliphatic carbocycles. The molecule has 1 heterocycles. The van der Waals surface area contributed by atoms with Crippen molar-refractivity contribution in [2.75, 3.05) is 23.8 Å². The van der Waals surface area contributed by atoms with Crippen molar-refractivity contribution in [1.82, 2.24) is 4.98 Å². The van der Waals surface area contributed by atoms with Crippen molar-refractivity contribution in [1.29, 1.82) is 0 Å². The Kier molecular flexibility index (Phi) is 7.03. The third-order valence-electron chi connectivity index (χ3n) is 4.13. The SMILES string of the molecule is CCCCOc1ccc(C(=O)Nc2cccc(-c3csc(NCC)n3)c2)cc1. The number of carbonyl (C=O) groups is 1. The van der Waals surface area contributed by atoms with Gasteiger partial charge >= 0.3 is 0 Å². The summed E-state index contributed by atoms with van der Waals surface area (Å²) < 4.78 is 5.64. The topological polar surface area (TPSA) is 63.2 Å². The lowest BCUT2D eigenvalue weighted by Gasteiger charge is -2.08. The first-order valence-corrected chi connectivity index (χ1v) is 10.4. The molecular weight excluding hydrogens is 370 g/mol. The van der Waals surface area contributed by atoms with Gasteiger partial charge < -0.3 is 15.4 Å². The molecule has 3 aromatic rings. The molecule has 1 aromatic heterocycles. The first kappa shape index (κ1) is 19.9. The van der Waals surface area contributed by atoms with Crippen LogP contribution in [-0.2, 0) is 0 Å². The van der Waals surface area contributed by atoms with E-state index >= 15 is 0 Å². The van der Waals surface area contributed by atoms with Gasteiger partial charge in [0.15, 0.2) is 5.13 Å². The summed E-state index contributed by atoms with van der Waals surface area (Å²) in [6, 6.07) is 14.9. The number of nitrogens with zero attached hydrogens (tertiary/aromatic N) is 1. The van der Waals surface area contributed by atoms with E-state index in [2.05, 4.69) is 22.5 Å². The second-order valence-electron chi connectivity index (χ2n) is 6.33. The van der Waals surface area contributed by atoms with E-state index in [1.165, 1.54) is 0 Å². The molecule has 0 spiro atoms. The summed E-state index contributed by atoms with van der Waals surface area (Å²) in [6.07, 6.45) is 2.12. The number of hydrogen-bond donors (Lipinski definition) is 2. The number of ether oxygens (including phenoxy) is 1. The number of thiazole rings is 1. The van der Waals surface area contributed by atoms with Gasteiger partial charge in [-0.05, 0) is 49.7 Å². The van der Waals surface area contributed by atoms with Crippen LogP contribution in [0.1, 0.15) is 37.0 Å². The minimum Gasteiger partial charge on any atom is -0.494 e. The largest absolute Gasteiger partial charge is 0.494 e. The number of unbranched alkanes of at least 4 members (excludes halogenated alkanes) is 1. The van der Waals surface area contributed by atoms with Crippen LogP contribution in [-0.4, -0.2) is 24.0 Å². The fourth-order valence-electron chi connectivity index (χ4n) is 2.64. The monoisotopic (exact) mass is 395 g/mol. The van der Waals surface area contributed by atoms with Crippen LogP contribution in [0.3, 0.4) is 0 Å². The van der Waals surface area contributed by atoms with Gasteiger partial charge in [0.2, 0.25) is 0 Å². The lowest BCUT2D eigenvalue weighted by Crippen LogP contribution is -2.11. The number of amides is 1. The van der Waals surface area contributed by atoms with E-state index in [4.69, 9.17) is 4.74 Å².